The summed E-state index contributed by atoms with van der Waals surface area (Å²) in [6, 6.07) is 12.4. The number of fused-ring (bicyclic) bond motifs is 1. The van der Waals surface area contributed by atoms with Crippen molar-refractivity contribution in [2.75, 3.05) is 20.1 Å². The topological polar surface area (TPSA) is 58.1 Å². The number of benzene rings is 1. The average Bonchev–Trinajstić information content (AvgIpc) is 2.79. The smallest absolute Gasteiger partial charge is 0.252 e. The van der Waals surface area contributed by atoms with Gasteiger partial charge in [0.1, 0.15) is 0 Å². The molecule has 2 heterocycles. The lowest BCUT2D eigenvalue weighted by molar-refractivity contribution is 0.0946. The number of carbonyl (C=O) groups excluding carboxylic acids is 1. The Morgan fingerprint density at radius 1 is 1.17 bits per heavy atom. The number of hydrogen-bond donors (Lipinski definition) is 1. The Morgan fingerprint density at radius 2 is 2.00 bits per heavy atom. The number of nitrogens with zero attached hydrogens (tertiary/aromatic N) is 3. The fraction of sp³-hybridized carbons (Fsp3) is 0.400. The van der Waals surface area contributed by atoms with E-state index in [2.05, 4.69) is 22.2 Å². The second-order valence-corrected chi connectivity index (χ2v) is 8.35. The van der Waals surface area contributed by atoms with Gasteiger partial charge in [-0.25, -0.2) is 4.98 Å². The van der Waals surface area contributed by atoms with Crippen molar-refractivity contribution in [2.45, 2.75) is 45.1 Å². The van der Waals surface area contributed by atoms with E-state index in [1.54, 1.807) is 12.4 Å². The summed E-state index contributed by atoms with van der Waals surface area (Å²) in [6.45, 7) is 3.55. The van der Waals surface area contributed by atoms with Crippen LogP contribution in [0.2, 0.25) is 0 Å². The zero-order valence-electron chi connectivity index (χ0n) is 17.9. The summed E-state index contributed by atoms with van der Waals surface area (Å²) in [6.07, 6.45) is 10.1. The van der Waals surface area contributed by atoms with Crippen molar-refractivity contribution in [3.05, 3.63) is 59.9 Å². The number of likely N-dealkylation sites (N-methyl/N-ethyl adjacent to an activating group) is 1. The molecule has 1 saturated carbocycles. The highest BCUT2D eigenvalue weighted by Gasteiger charge is 2.18. The molecule has 4 rings (SSSR count). The maximum absolute atomic E-state index is 13.1. The quantitative estimate of drug-likeness (QED) is 0.655. The summed E-state index contributed by atoms with van der Waals surface area (Å²) in [7, 11) is 2.17. The van der Waals surface area contributed by atoms with Gasteiger partial charge >= 0.3 is 0 Å². The Balaban J connectivity index is 1.54. The van der Waals surface area contributed by atoms with Crippen LogP contribution in [0.4, 0.5) is 0 Å². The number of amides is 1. The van der Waals surface area contributed by atoms with E-state index >= 15 is 0 Å². The number of rotatable bonds is 6. The Hall–Kier alpha value is -2.79. The Morgan fingerprint density at radius 3 is 2.77 bits per heavy atom. The Bertz CT molecular complexity index is 1010. The first-order chi connectivity index (χ1) is 14.6. The molecule has 1 fully saturated rings. The zero-order chi connectivity index (χ0) is 20.9. The molecule has 1 N–H and O–H groups in total. The van der Waals surface area contributed by atoms with Gasteiger partial charge in [-0.3, -0.25) is 9.78 Å². The number of nitrogens with one attached hydrogen (secondary N) is 1. The van der Waals surface area contributed by atoms with Crippen LogP contribution in [-0.2, 0) is 0 Å². The summed E-state index contributed by atoms with van der Waals surface area (Å²) < 4.78 is 0. The zero-order valence-corrected chi connectivity index (χ0v) is 17.9. The van der Waals surface area contributed by atoms with E-state index in [4.69, 9.17) is 4.98 Å². The molecule has 1 aliphatic rings. The van der Waals surface area contributed by atoms with Crippen molar-refractivity contribution in [2.24, 2.45) is 0 Å². The summed E-state index contributed by atoms with van der Waals surface area (Å²) in [5, 5.41) is 4.02. The molecule has 0 aliphatic heterocycles. The molecule has 0 saturated heterocycles. The average molecular weight is 403 g/mol. The van der Waals surface area contributed by atoms with Crippen LogP contribution in [-0.4, -0.2) is 47.0 Å². The molecular formula is C25H30N4O. The first kappa shape index (κ1) is 20.5. The molecule has 1 aromatic carbocycles. The SMILES string of the molecule is Cc1ccc2nc(-c3cccnc3)cc(C(=O)NCCN(C)C3CCCCC3)c2c1. The predicted molar refractivity (Wildman–Crippen MR) is 122 cm³/mol. The highest BCUT2D eigenvalue weighted by molar-refractivity contribution is 6.07. The van der Waals surface area contributed by atoms with Gasteiger partial charge in [-0.15, -0.1) is 0 Å². The molecule has 5 heteroatoms. The molecule has 0 unspecified atom stereocenters. The van der Waals surface area contributed by atoms with Gasteiger partial charge in [-0.2, -0.15) is 0 Å². The van der Waals surface area contributed by atoms with E-state index in [1.807, 2.05) is 43.3 Å². The third-order valence-electron chi connectivity index (χ3n) is 6.11. The van der Waals surface area contributed by atoms with E-state index in [-0.39, 0.29) is 5.91 Å². The fourth-order valence-corrected chi connectivity index (χ4v) is 4.34. The summed E-state index contributed by atoms with van der Waals surface area (Å²) >= 11 is 0. The molecular weight excluding hydrogens is 372 g/mol. The van der Waals surface area contributed by atoms with Gasteiger partial charge in [0.25, 0.3) is 5.91 Å². The van der Waals surface area contributed by atoms with Gasteiger partial charge < -0.3 is 10.2 Å². The molecule has 0 atom stereocenters. The normalized spacial score (nSPS) is 14.9. The molecule has 0 radical (unpaired) electrons. The largest absolute Gasteiger partial charge is 0.351 e. The van der Waals surface area contributed by atoms with E-state index in [1.165, 1.54) is 32.1 Å². The third-order valence-corrected chi connectivity index (χ3v) is 6.11. The van der Waals surface area contributed by atoms with Gasteiger partial charge in [0.15, 0.2) is 0 Å². The first-order valence-electron chi connectivity index (χ1n) is 10.9. The number of hydrogen-bond acceptors (Lipinski definition) is 4. The van der Waals surface area contributed by atoms with E-state index in [9.17, 15) is 4.79 Å². The molecule has 1 amide bonds. The number of carbonyl (C=O) groups is 1. The van der Waals surface area contributed by atoms with Gasteiger partial charge in [0.05, 0.1) is 16.8 Å². The van der Waals surface area contributed by atoms with Crippen molar-refractivity contribution < 1.29 is 4.79 Å². The summed E-state index contributed by atoms with van der Waals surface area (Å²) in [5.74, 6) is -0.0461. The monoisotopic (exact) mass is 402 g/mol. The molecule has 0 bridgehead atoms. The standard InChI is InChI=1S/C25H30N4O/c1-18-10-11-23-21(15-18)22(16-24(28-23)19-7-6-12-26-17-19)25(30)27-13-14-29(2)20-8-4-3-5-9-20/h6-7,10-12,15-17,20H,3-5,8-9,13-14H2,1-2H3,(H,27,30). The van der Waals surface area contributed by atoms with Crippen LogP contribution < -0.4 is 5.32 Å². The van der Waals surface area contributed by atoms with Crippen LogP contribution in [0, 0.1) is 6.92 Å². The van der Waals surface area contributed by atoms with E-state index in [0.29, 0.717) is 18.2 Å². The molecule has 5 nitrogen and oxygen atoms in total. The molecule has 30 heavy (non-hydrogen) atoms. The first-order valence-corrected chi connectivity index (χ1v) is 10.9. The van der Waals surface area contributed by atoms with E-state index in [0.717, 1.165) is 34.3 Å². The maximum atomic E-state index is 13.1. The van der Waals surface area contributed by atoms with Gasteiger partial charge in [0.2, 0.25) is 0 Å². The number of aryl methyl sites for hydroxylation is 1. The molecule has 2 aromatic heterocycles. The fourth-order valence-electron chi connectivity index (χ4n) is 4.34. The molecule has 156 valence electrons. The van der Waals surface area contributed by atoms with Crippen LogP contribution in [0.1, 0.15) is 48.0 Å². The second-order valence-electron chi connectivity index (χ2n) is 8.35. The van der Waals surface area contributed by atoms with Crippen molar-refractivity contribution in [3.8, 4) is 11.3 Å². The van der Waals surface area contributed by atoms with Gasteiger partial charge in [-0.1, -0.05) is 30.9 Å². The Kier molecular flexibility index (Phi) is 6.38. The van der Waals surface area contributed by atoms with Crippen LogP contribution >= 0.6 is 0 Å². The minimum absolute atomic E-state index is 0.0461. The molecule has 3 aromatic rings. The lowest BCUT2D eigenvalue weighted by atomic mass is 9.94. The van der Waals surface area contributed by atoms with Crippen molar-refractivity contribution in [1.82, 2.24) is 20.2 Å². The molecule has 1 aliphatic carbocycles. The summed E-state index contributed by atoms with van der Waals surface area (Å²) in [5.41, 5.74) is 4.29. The predicted octanol–water partition coefficient (Wildman–Crippen LogP) is 4.60. The second kappa shape index (κ2) is 9.35. The number of aromatic nitrogens is 2. The van der Waals surface area contributed by atoms with Crippen LogP contribution in [0.25, 0.3) is 22.2 Å². The van der Waals surface area contributed by atoms with Gasteiger partial charge in [0, 0.05) is 42.5 Å². The van der Waals surface area contributed by atoms with Crippen molar-refractivity contribution in [1.29, 1.82) is 0 Å². The highest BCUT2D eigenvalue weighted by Crippen LogP contribution is 2.25. The van der Waals surface area contributed by atoms with Crippen molar-refractivity contribution >= 4 is 16.8 Å². The lowest BCUT2D eigenvalue weighted by Crippen LogP contribution is -2.39. The maximum Gasteiger partial charge on any atom is 0.252 e. The van der Waals surface area contributed by atoms with E-state index < -0.39 is 0 Å². The minimum atomic E-state index is -0.0461. The lowest BCUT2D eigenvalue weighted by Gasteiger charge is -2.31. The van der Waals surface area contributed by atoms with Crippen LogP contribution in [0.15, 0.2) is 48.8 Å². The summed E-state index contributed by atoms with van der Waals surface area (Å²) in [4.78, 5) is 24.5. The Labute approximate surface area is 178 Å². The van der Waals surface area contributed by atoms with Crippen molar-refractivity contribution in [3.63, 3.8) is 0 Å². The third kappa shape index (κ3) is 4.68. The number of pyridine rings is 2. The van der Waals surface area contributed by atoms with Crippen LogP contribution in [0.3, 0.4) is 0 Å². The molecule has 0 spiro atoms. The highest BCUT2D eigenvalue weighted by atomic mass is 16.1. The van der Waals surface area contributed by atoms with Gasteiger partial charge in [-0.05, 0) is 57.1 Å². The minimum Gasteiger partial charge on any atom is -0.351 e. The van der Waals surface area contributed by atoms with Crippen LogP contribution in [0.5, 0.6) is 0 Å².